The number of nitrogens with zero attached hydrogens (tertiary/aromatic N) is 2. The molecule has 0 saturated carbocycles. The Morgan fingerprint density at radius 2 is 2.14 bits per heavy atom. The van der Waals surface area contributed by atoms with E-state index in [1.807, 2.05) is 31.2 Å². The molecule has 0 aliphatic carbocycles. The van der Waals surface area contributed by atoms with E-state index in [2.05, 4.69) is 15.5 Å². The van der Waals surface area contributed by atoms with Gasteiger partial charge >= 0.3 is 0 Å². The van der Waals surface area contributed by atoms with Crippen LogP contribution in [0.2, 0.25) is 5.02 Å². The average molecular weight is 320 g/mol. The maximum absolute atomic E-state index is 11.9. The topological polar surface area (TPSA) is 54.4 Å². The molecule has 0 unspecified atom stereocenters. The van der Waals surface area contributed by atoms with E-state index in [1.165, 1.54) is 11.8 Å². The van der Waals surface area contributed by atoms with Crippen LogP contribution in [0.15, 0.2) is 58.8 Å². The molecule has 0 fully saturated rings. The summed E-state index contributed by atoms with van der Waals surface area (Å²) in [5.74, 6) is -0.157. The predicted octanol–water partition coefficient (Wildman–Crippen LogP) is 3.37. The highest BCUT2D eigenvalue weighted by molar-refractivity contribution is 8.00. The van der Waals surface area contributed by atoms with Crippen molar-refractivity contribution in [1.82, 2.24) is 10.4 Å². The number of nitrogens with one attached hydrogen (secondary N) is 1. The van der Waals surface area contributed by atoms with E-state index in [0.717, 1.165) is 10.5 Å². The molecule has 2 rings (SSSR count). The highest BCUT2D eigenvalue weighted by Crippen LogP contribution is 2.24. The summed E-state index contributed by atoms with van der Waals surface area (Å²) < 4.78 is 0. The van der Waals surface area contributed by atoms with Crippen LogP contribution in [0, 0.1) is 0 Å². The molecule has 1 N–H and O–H groups in total. The fraction of sp³-hybridized carbons (Fsp3) is 0.133. The van der Waals surface area contributed by atoms with Crippen LogP contribution in [0.3, 0.4) is 0 Å². The standard InChI is InChI=1S/C15H14ClN3OS/c1-11(21-14-6-4-13(16)5-7-14)15(20)19-18-10-12-3-2-8-17-9-12/h2-11H,1H3,(H,19,20)/b18-10-/t11-/m1/s1. The van der Waals surface area contributed by atoms with E-state index in [4.69, 9.17) is 11.6 Å². The summed E-state index contributed by atoms with van der Waals surface area (Å²) in [4.78, 5) is 16.9. The second-order valence-electron chi connectivity index (χ2n) is 4.23. The van der Waals surface area contributed by atoms with Crippen LogP contribution in [0.1, 0.15) is 12.5 Å². The molecule has 0 saturated heterocycles. The first kappa shape index (κ1) is 15.5. The Hall–Kier alpha value is -1.85. The molecule has 0 spiro atoms. The van der Waals surface area contributed by atoms with Crippen molar-refractivity contribution in [3.8, 4) is 0 Å². The number of amides is 1. The quantitative estimate of drug-likeness (QED) is 0.522. The smallest absolute Gasteiger partial charge is 0.253 e. The van der Waals surface area contributed by atoms with Crippen molar-refractivity contribution in [2.75, 3.05) is 0 Å². The molecule has 1 heterocycles. The van der Waals surface area contributed by atoms with Crippen LogP contribution < -0.4 is 5.43 Å². The van der Waals surface area contributed by atoms with Crippen LogP contribution in [-0.2, 0) is 4.79 Å². The second-order valence-corrected chi connectivity index (χ2v) is 6.09. The van der Waals surface area contributed by atoms with Gasteiger partial charge < -0.3 is 0 Å². The summed E-state index contributed by atoms with van der Waals surface area (Å²) in [6.45, 7) is 1.83. The lowest BCUT2D eigenvalue weighted by Gasteiger charge is -2.09. The van der Waals surface area contributed by atoms with E-state index in [0.29, 0.717) is 5.02 Å². The first-order valence-corrected chi connectivity index (χ1v) is 7.56. The fourth-order valence-electron chi connectivity index (χ4n) is 1.48. The highest BCUT2D eigenvalue weighted by atomic mass is 35.5. The Bertz CT molecular complexity index is 617. The van der Waals surface area contributed by atoms with Gasteiger partial charge in [0.2, 0.25) is 0 Å². The van der Waals surface area contributed by atoms with Crippen molar-refractivity contribution < 1.29 is 4.79 Å². The van der Waals surface area contributed by atoms with Crippen LogP contribution in [0.4, 0.5) is 0 Å². The van der Waals surface area contributed by atoms with E-state index in [9.17, 15) is 4.79 Å². The number of thioether (sulfide) groups is 1. The van der Waals surface area contributed by atoms with Gasteiger partial charge in [-0.1, -0.05) is 17.7 Å². The van der Waals surface area contributed by atoms with Crippen molar-refractivity contribution in [1.29, 1.82) is 0 Å². The van der Waals surface area contributed by atoms with E-state index in [-0.39, 0.29) is 11.2 Å². The SMILES string of the molecule is C[C@@H](Sc1ccc(Cl)cc1)C(=O)N/N=C\c1cccnc1. The third kappa shape index (κ3) is 5.21. The number of benzene rings is 1. The maximum Gasteiger partial charge on any atom is 0.253 e. The van der Waals surface area contributed by atoms with Crippen LogP contribution in [0.25, 0.3) is 0 Å². The lowest BCUT2D eigenvalue weighted by Crippen LogP contribution is -2.26. The summed E-state index contributed by atoms with van der Waals surface area (Å²) in [6, 6.07) is 11.0. The summed E-state index contributed by atoms with van der Waals surface area (Å²) in [5.41, 5.74) is 3.35. The zero-order valence-corrected chi connectivity index (χ0v) is 12.9. The molecule has 1 aromatic carbocycles. The molecule has 1 aromatic heterocycles. The minimum absolute atomic E-state index is 0.157. The van der Waals surface area contributed by atoms with Crippen molar-refractivity contribution in [2.24, 2.45) is 5.10 Å². The van der Waals surface area contributed by atoms with Crippen molar-refractivity contribution in [3.63, 3.8) is 0 Å². The predicted molar refractivity (Wildman–Crippen MR) is 86.7 cm³/mol. The third-order valence-electron chi connectivity index (χ3n) is 2.57. The van der Waals surface area contributed by atoms with E-state index in [1.54, 1.807) is 30.7 Å². The maximum atomic E-state index is 11.9. The van der Waals surface area contributed by atoms with Crippen LogP contribution in [0.5, 0.6) is 0 Å². The largest absolute Gasteiger partial charge is 0.272 e. The molecule has 0 aliphatic rings. The molecule has 2 aromatic rings. The number of carbonyl (C=O) groups excluding carboxylic acids is 1. The monoisotopic (exact) mass is 319 g/mol. The molecule has 0 aliphatic heterocycles. The molecular formula is C15H14ClN3OS. The zero-order chi connectivity index (χ0) is 15.1. The molecular weight excluding hydrogens is 306 g/mol. The summed E-state index contributed by atoms with van der Waals surface area (Å²) in [6.07, 6.45) is 4.91. The summed E-state index contributed by atoms with van der Waals surface area (Å²) >= 11 is 7.27. The highest BCUT2D eigenvalue weighted by Gasteiger charge is 2.13. The number of pyridine rings is 1. The number of hydrazone groups is 1. The van der Waals surface area contributed by atoms with E-state index < -0.39 is 0 Å². The Balaban J connectivity index is 1.85. The normalized spacial score (nSPS) is 12.3. The van der Waals surface area contributed by atoms with Crippen molar-refractivity contribution in [3.05, 3.63) is 59.4 Å². The van der Waals surface area contributed by atoms with E-state index >= 15 is 0 Å². The molecule has 1 atom stereocenters. The lowest BCUT2D eigenvalue weighted by molar-refractivity contribution is -0.120. The first-order chi connectivity index (χ1) is 10.1. The summed E-state index contributed by atoms with van der Waals surface area (Å²) in [7, 11) is 0. The number of halogens is 1. The minimum Gasteiger partial charge on any atom is -0.272 e. The average Bonchev–Trinajstić information content (AvgIpc) is 2.50. The van der Waals surface area contributed by atoms with Crippen LogP contribution >= 0.6 is 23.4 Å². The number of rotatable bonds is 5. The van der Waals surface area contributed by atoms with Gasteiger partial charge in [-0.2, -0.15) is 5.10 Å². The molecule has 6 heteroatoms. The van der Waals surface area contributed by atoms with Gasteiger partial charge in [-0.15, -0.1) is 11.8 Å². The zero-order valence-electron chi connectivity index (χ0n) is 11.4. The number of hydrogen-bond donors (Lipinski definition) is 1. The van der Waals surface area contributed by atoms with Crippen molar-refractivity contribution in [2.45, 2.75) is 17.1 Å². The molecule has 108 valence electrons. The first-order valence-electron chi connectivity index (χ1n) is 6.30. The van der Waals surface area contributed by atoms with Gasteiger partial charge in [0.05, 0.1) is 11.5 Å². The molecule has 4 nitrogen and oxygen atoms in total. The second kappa shape index (κ2) is 7.81. The van der Waals surface area contributed by atoms with Gasteiger partial charge in [-0.3, -0.25) is 9.78 Å². The van der Waals surface area contributed by atoms with Gasteiger partial charge in [0.15, 0.2) is 0 Å². The molecule has 0 radical (unpaired) electrons. The molecule has 0 bridgehead atoms. The Labute approximate surface area is 132 Å². The fourth-order valence-corrected chi connectivity index (χ4v) is 2.47. The van der Waals surface area contributed by atoms with Gasteiger partial charge in [-0.25, -0.2) is 5.43 Å². The molecule has 1 amide bonds. The number of hydrogen-bond acceptors (Lipinski definition) is 4. The van der Waals surface area contributed by atoms with Gasteiger partial charge in [0.1, 0.15) is 0 Å². The Kier molecular flexibility index (Phi) is 5.78. The van der Waals surface area contributed by atoms with Gasteiger partial charge in [-0.05, 0) is 37.3 Å². The Morgan fingerprint density at radius 3 is 2.81 bits per heavy atom. The third-order valence-corrected chi connectivity index (χ3v) is 3.93. The van der Waals surface area contributed by atoms with Gasteiger partial charge in [0.25, 0.3) is 5.91 Å². The van der Waals surface area contributed by atoms with Crippen molar-refractivity contribution >= 4 is 35.5 Å². The Morgan fingerprint density at radius 1 is 1.38 bits per heavy atom. The number of aromatic nitrogens is 1. The minimum atomic E-state index is -0.253. The molecule has 21 heavy (non-hydrogen) atoms. The summed E-state index contributed by atoms with van der Waals surface area (Å²) in [5, 5.41) is 4.35. The lowest BCUT2D eigenvalue weighted by atomic mass is 10.3. The van der Waals surface area contributed by atoms with Crippen LogP contribution in [-0.4, -0.2) is 22.4 Å². The van der Waals surface area contributed by atoms with Gasteiger partial charge in [0, 0.05) is 27.9 Å². The number of carbonyl (C=O) groups is 1.